The van der Waals surface area contributed by atoms with Crippen LogP contribution in [0.4, 0.5) is 0 Å². The number of ketones is 1. The Hall–Kier alpha value is -2.34. The molecule has 0 aliphatic heterocycles. The van der Waals surface area contributed by atoms with Crippen LogP contribution in [0.15, 0.2) is 45.7 Å². The smallest absolute Gasteiger partial charge is 0.234 e. The topological polar surface area (TPSA) is 68.9 Å². The molecule has 0 saturated carbocycles. The first-order chi connectivity index (χ1) is 9.33. The molecule has 0 saturated heterocycles. The molecule has 0 spiro atoms. The monoisotopic (exact) mass is 271 g/mol. The summed E-state index contributed by atoms with van der Waals surface area (Å²) in [5.41, 5.74) is 2.99. The Balaban J connectivity index is 1.76. The normalized spacial score (nSPS) is 10.5. The fourth-order valence-corrected chi connectivity index (χ4v) is 2.15. The highest BCUT2D eigenvalue weighted by molar-refractivity contribution is 7.07. The minimum Gasteiger partial charge on any atom is -0.338 e. The van der Waals surface area contributed by atoms with Crippen LogP contribution >= 0.6 is 11.3 Å². The van der Waals surface area contributed by atoms with E-state index >= 15 is 0 Å². The summed E-state index contributed by atoms with van der Waals surface area (Å²) >= 11 is 1.45. The highest BCUT2D eigenvalue weighted by Gasteiger charge is 2.14. The van der Waals surface area contributed by atoms with Gasteiger partial charge in [-0.25, -0.2) is 4.98 Å². The van der Waals surface area contributed by atoms with E-state index in [0.29, 0.717) is 23.0 Å². The Morgan fingerprint density at radius 1 is 1.26 bits per heavy atom. The third-order valence-corrected chi connectivity index (χ3v) is 3.12. The van der Waals surface area contributed by atoms with E-state index in [1.807, 2.05) is 23.6 Å². The molecular formula is C13H9N3O2S. The molecule has 0 fully saturated rings. The lowest BCUT2D eigenvalue weighted by Gasteiger charge is -1.95. The van der Waals surface area contributed by atoms with Gasteiger partial charge >= 0.3 is 0 Å². The molecule has 2 aromatic heterocycles. The maximum absolute atomic E-state index is 12.0. The van der Waals surface area contributed by atoms with Crippen LogP contribution in [0.5, 0.6) is 0 Å². The molecule has 0 N–H and O–H groups in total. The standard InChI is InChI=1S/C13H9N3O2S/c17-11(9-4-2-1-3-5-9)6-12-15-13(16-18-12)10-7-19-8-14-10/h1-5,7-8H,6H2. The van der Waals surface area contributed by atoms with Crippen molar-refractivity contribution in [2.24, 2.45) is 0 Å². The van der Waals surface area contributed by atoms with Crippen LogP contribution in [-0.2, 0) is 6.42 Å². The lowest BCUT2D eigenvalue weighted by atomic mass is 10.1. The van der Waals surface area contributed by atoms with Crippen molar-refractivity contribution >= 4 is 17.1 Å². The third kappa shape index (κ3) is 2.58. The molecule has 0 amide bonds. The van der Waals surface area contributed by atoms with E-state index in [4.69, 9.17) is 4.52 Å². The number of hydrogen-bond acceptors (Lipinski definition) is 6. The second kappa shape index (κ2) is 5.11. The number of nitrogens with zero attached hydrogens (tertiary/aromatic N) is 3. The van der Waals surface area contributed by atoms with Crippen LogP contribution < -0.4 is 0 Å². The molecule has 94 valence electrons. The zero-order valence-corrected chi connectivity index (χ0v) is 10.6. The van der Waals surface area contributed by atoms with Crippen molar-refractivity contribution in [3.05, 3.63) is 52.7 Å². The van der Waals surface area contributed by atoms with Crippen molar-refractivity contribution in [3.63, 3.8) is 0 Å². The minimum atomic E-state index is -0.0472. The summed E-state index contributed by atoms with van der Waals surface area (Å²) in [6.07, 6.45) is 0.0984. The van der Waals surface area contributed by atoms with Gasteiger partial charge in [-0.2, -0.15) is 4.98 Å². The number of carbonyl (C=O) groups is 1. The number of thiazole rings is 1. The van der Waals surface area contributed by atoms with Gasteiger partial charge in [-0.05, 0) is 0 Å². The van der Waals surface area contributed by atoms with Crippen molar-refractivity contribution in [3.8, 4) is 11.5 Å². The van der Waals surface area contributed by atoms with Gasteiger partial charge in [0.15, 0.2) is 5.78 Å². The molecule has 19 heavy (non-hydrogen) atoms. The van der Waals surface area contributed by atoms with Gasteiger partial charge in [0.25, 0.3) is 0 Å². The van der Waals surface area contributed by atoms with E-state index in [0.717, 1.165) is 0 Å². The summed E-state index contributed by atoms with van der Waals surface area (Å²) in [5, 5.41) is 5.64. The van der Waals surface area contributed by atoms with Gasteiger partial charge in [0.2, 0.25) is 11.7 Å². The number of aromatic nitrogens is 3. The van der Waals surface area contributed by atoms with Crippen LogP contribution in [-0.4, -0.2) is 20.9 Å². The number of benzene rings is 1. The van der Waals surface area contributed by atoms with E-state index < -0.39 is 0 Å². The lowest BCUT2D eigenvalue weighted by Crippen LogP contribution is -2.03. The van der Waals surface area contributed by atoms with Crippen molar-refractivity contribution in [1.82, 2.24) is 15.1 Å². The van der Waals surface area contributed by atoms with Crippen molar-refractivity contribution in [1.29, 1.82) is 0 Å². The van der Waals surface area contributed by atoms with Crippen molar-refractivity contribution < 1.29 is 9.32 Å². The molecule has 0 atom stereocenters. The molecule has 3 rings (SSSR count). The lowest BCUT2D eigenvalue weighted by molar-refractivity contribution is 0.0983. The number of Topliss-reactive ketones (excluding diaryl/α,β-unsaturated/α-hetero) is 1. The average molecular weight is 271 g/mol. The fourth-order valence-electron chi connectivity index (χ4n) is 1.62. The first kappa shape index (κ1) is 11.7. The Morgan fingerprint density at radius 2 is 2.11 bits per heavy atom. The zero-order valence-electron chi connectivity index (χ0n) is 9.81. The molecule has 0 radical (unpaired) electrons. The third-order valence-electron chi connectivity index (χ3n) is 2.54. The summed E-state index contributed by atoms with van der Waals surface area (Å²) in [7, 11) is 0. The maximum Gasteiger partial charge on any atom is 0.234 e. The molecule has 0 unspecified atom stereocenters. The van der Waals surface area contributed by atoms with Crippen LogP contribution in [0, 0.1) is 0 Å². The summed E-state index contributed by atoms with van der Waals surface area (Å²) in [6.45, 7) is 0. The van der Waals surface area contributed by atoms with Gasteiger partial charge in [0.1, 0.15) is 5.69 Å². The molecule has 6 heteroatoms. The second-order valence-electron chi connectivity index (χ2n) is 3.85. The zero-order chi connectivity index (χ0) is 13.1. The van der Waals surface area contributed by atoms with Gasteiger partial charge in [-0.15, -0.1) is 11.3 Å². The molecule has 0 aliphatic rings. The van der Waals surface area contributed by atoms with Crippen LogP contribution in [0.2, 0.25) is 0 Å². The first-order valence-corrected chi connectivity index (χ1v) is 6.56. The Bertz CT molecular complexity index is 677. The van der Waals surface area contributed by atoms with Crippen molar-refractivity contribution in [2.75, 3.05) is 0 Å². The Morgan fingerprint density at radius 3 is 2.84 bits per heavy atom. The van der Waals surface area contributed by atoms with Crippen LogP contribution in [0.25, 0.3) is 11.5 Å². The Kier molecular flexibility index (Phi) is 3.16. The molecule has 3 aromatic rings. The van der Waals surface area contributed by atoms with Gasteiger partial charge in [-0.1, -0.05) is 35.5 Å². The van der Waals surface area contributed by atoms with E-state index in [2.05, 4.69) is 15.1 Å². The maximum atomic E-state index is 12.0. The predicted molar refractivity (Wildman–Crippen MR) is 69.9 cm³/mol. The van der Waals surface area contributed by atoms with Gasteiger partial charge in [0, 0.05) is 10.9 Å². The van der Waals surface area contributed by atoms with E-state index in [1.54, 1.807) is 17.6 Å². The number of carbonyl (C=O) groups excluding carboxylic acids is 1. The molecule has 0 aliphatic carbocycles. The molecule has 5 nitrogen and oxygen atoms in total. The SMILES string of the molecule is O=C(Cc1nc(-c2cscn2)no1)c1ccccc1. The molecular weight excluding hydrogens is 262 g/mol. The molecule has 0 bridgehead atoms. The fraction of sp³-hybridized carbons (Fsp3) is 0.0769. The highest BCUT2D eigenvalue weighted by atomic mass is 32.1. The highest BCUT2D eigenvalue weighted by Crippen LogP contribution is 2.16. The molecule has 1 aromatic carbocycles. The van der Waals surface area contributed by atoms with Gasteiger partial charge in [-0.3, -0.25) is 4.79 Å². The quantitative estimate of drug-likeness (QED) is 0.682. The summed E-state index contributed by atoms with van der Waals surface area (Å²) in [6, 6.07) is 9.04. The number of rotatable bonds is 4. The second-order valence-corrected chi connectivity index (χ2v) is 4.57. The first-order valence-electron chi connectivity index (χ1n) is 5.62. The predicted octanol–water partition coefficient (Wildman–Crippen LogP) is 2.62. The number of hydrogen-bond donors (Lipinski definition) is 0. The summed E-state index contributed by atoms with van der Waals surface area (Å²) in [5.74, 6) is 0.669. The average Bonchev–Trinajstić information content (AvgIpc) is 3.10. The van der Waals surface area contributed by atoms with E-state index in [9.17, 15) is 4.79 Å². The van der Waals surface area contributed by atoms with E-state index in [1.165, 1.54) is 11.3 Å². The minimum absolute atomic E-state index is 0.0472. The summed E-state index contributed by atoms with van der Waals surface area (Å²) < 4.78 is 5.06. The van der Waals surface area contributed by atoms with Crippen LogP contribution in [0.3, 0.4) is 0 Å². The van der Waals surface area contributed by atoms with Gasteiger partial charge in [0.05, 0.1) is 11.9 Å². The largest absolute Gasteiger partial charge is 0.338 e. The summed E-state index contributed by atoms with van der Waals surface area (Å²) in [4.78, 5) is 20.2. The Labute approximate surface area is 112 Å². The van der Waals surface area contributed by atoms with Gasteiger partial charge < -0.3 is 4.52 Å². The van der Waals surface area contributed by atoms with Crippen molar-refractivity contribution in [2.45, 2.75) is 6.42 Å². The van der Waals surface area contributed by atoms with E-state index in [-0.39, 0.29) is 12.2 Å². The van der Waals surface area contributed by atoms with Crippen LogP contribution in [0.1, 0.15) is 16.2 Å². The molecule has 2 heterocycles.